The van der Waals surface area contributed by atoms with Crippen molar-refractivity contribution in [3.8, 4) is 0 Å². The predicted octanol–water partition coefficient (Wildman–Crippen LogP) is 2.90. The third-order valence-corrected chi connectivity index (χ3v) is 5.13. The van der Waals surface area contributed by atoms with Crippen LogP contribution in [-0.2, 0) is 17.9 Å². The SMILES string of the molecule is c1ccc(COC2C[C@@H]3CN(Cc4cncnc4)C[C@@H]3C2)cc1. The van der Waals surface area contributed by atoms with Gasteiger partial charge in [0, 0.05) is 37.6 Å². The smallest absolute Gasteiger partial charge is 0.115 e. The fourth-order valence-corrected chi connectivity index (χ4v) is 4.06. The molecular weight excluding hydrogens is 286 g/mol. The Morgan fingerprint density at radius 3 is 2.35 bits per heavy atom. The summed E-state index contributed by atoms with van der Waals surface area (Å²) < 4.78 is 6.14. The molecule has 2 heterocycles. The van der Waals surface area contributed by atoms with Crippen molar-refractivity contribution in [3.05, 3.63) is 60.2 Å². The lowest BCUT2D eigenvalue weighted by molar-refractivity contribution is 0.0373. The van der Waals surface area contributed by atoms with Crippen LogP contribution in [0.25, 0.3) is 0 Å². The molecule has 2 fully saturated rings. The Hall–Kier alpha value is -1.78. The Labute approximate surface area is 137 Å². The molecule has 4 rings (SSSR count). The van der Waals surface area contributed by atoms with E-state index in [2.05, 4.69) is 45.2 Å². The molecule has 0 amide bonds. The summed E-state index contributed by atoms with van der Waals surface area (Å²) in [7, 11) is 0. The minimum absolute atomic E-state index is 0.437. The van der Waals surface area contributed by atoms with Gasteiger partial charge in [-0.15, -0.1) is 0 Å². The first-order valence-electron chi connectivity index (χ1n) is 8.48. The van der Waals surface area contributed by atoms with Crippen molar-refractivity contribution in [3.63, 3.8) is 0 Å². The van der Waals surface area contributed by atoms with Gasteiger partial charge < -0.3 is 4.74 Å². The van der Waals surface area contributed by atoms with E-state index in [-0.39, 0.29) is 0 Å². The van der Waals surface area contributed by atoms with E-state index < -0.39 is 0 Å². The molecule has 0 spiro atoms. The first-order chi connectivity index (χ1) is 11.4. The maximum Gasteiger partial charge on any atom is 0.115 e. The normalized spacial score (nSPS) is 27.2. The number of hydrogen-bond donors (Lipinski definition) is 0. The average Bonchev–Trinajstić information content (AvgIpc) is 3.13. The number of fused-ring (bicyclic) bond motifs is 1. The molecule has 23 heavy (non-hydrogen) atoms. The minimum atomic E-state index is 0.437. The first-order valence-corrected chi connectivity index (χ1v) is 8.48. The van der Waals surface area contributed by atoms with Gasteiger partial charge in [0.2, 0.25) is 0 Å². The third kappa shape index (κ3) is 3.59. The quantitative estimate of drug-likeness (QED) is 0.851. The number of benzene rings is 1. The van der Waals surface area contributed by atoms with Gasteiger partial charge in [-0.3, -0.25) is 4.90 Å². The summed E-state index contributed by atoms with van der Waals surface area (Å²) in [6.07, 6.45) is 8.29. The lowest BCUT2D eigenvalue weighted by Crippen LogP contribution is -2.23. The second-order valence-corrected chi connectivity index (χ2v) is 6.85. The molecule has 0 N–H and O–H groups in total. The van der Waals surface area contributed by atoms with E-state index in [4.69, 9.17) is 4.74 Å². The summed E-state index contributed by atoms with van der Waals surface area (Å²) in [5.74, 6) is 1.58. The van der Waals surface area contributed by atoms with E-state index in [1.54, 1.807) is 6.33 Å². The van der Waals surface area contributed by atoms with Gasteiger partial charge in [0.1, 0.15) is 6.33 Å². The molecule has 2 aromatic rings. The molecule has 1 aromatic heterocycles. The average molecular weight is 309 g/mol. The molecule has 0 radical (unpaired) electrons. The Morgan fingerprint density at radius 1 is 0.957 bits per heavy atom. The van der Waals surface area contributed by atoms with Gasteiger partial charge >= 0.3 is 0 Å². The molecule has 1 saturated carbocycles. The van der Waals surface area contributed by atoms with E-state index in [1.807, 2.05) is 12.4 Å². The number of aromatic nitrogens is 2. The molecule has 1 unspecified atom stereocenters. The van der Waals surface area contributed by atoms with Crippen LogP contribution in [0.15, 0.2) is 49.1 Å². The summed E-state index contributed by atoms with van der Waals surface area (Å²) >= 11 is 0. The zero-order valence-electron chi connectivity index (χ0n) is 13.3. The second kappa shape index (κ2) is 6.77. The summed E-state index contributed by atoms with van der Waals surface area (Å²) in [5, 5.41) is 0. The molecule has 1 saturated heterocycles. The maximum atomic E-state index is 6.14. The molecule has 1 aliphatic carbocycles. The largest absolute Gasteiger partial charge is 0.374 e. The van der Waals surface area contributed by atoms with Gasteiger partial charge in [0.05, 0.1) is 12.7 Å². The zero-order chi connectivity index (χ0) is 15.5. The highest BCUT2D eigenvalue weighted by Gasteiger charge is 2.41. The Morgan fingerprint density at radius 2 is 1.65 bits per heavy atom. The molecule has 1 aliphatic heterocycles. The van der Waals surface area contributed by atoms with Crippen LogP contribution in [0.1, 0.15) is 24.0 Å². The van der Waals surface area contributed by atoms with Gasteiger partial charge in [-0.05, 0) is 30.2 Å². The van der Waals surface area contributed by atoms with E-state index in [0.717, 1.165) is 25.0 Å². The maximum absolute atomic E-state index is 6.14. The van der Waals surface area contributed by atoms with Crippen LogP contribution < -0.4 is 0 Å². The monoisotopic (exact) mass is 309 g/mol. The van der Waals surface area contributed by atoms with E-state index >= 15 is 0 Å². The third-order valence-electron chi connectivity index (χ3n) is 5.13. The van der Waals surface area contributed by atoms with Crippen molar-refractivity contribution in [2.75, 3.05) is 13.1 Å². The van der Waals surface area contributed by atoms with E-state index in [9.17, 15) is 0 Å². The highest BCUT2D eigenvalue weighted by atomic mass is 16.5. The summed E-state index contributed by atoms with van der Waals surface area (Å²) in [5.41, 5.74) is 2.49. The van der Waals surface area contributed by atoms with Gasteiger partial charge in [-0.25, -0.2) is 9.97 Å². The molecule has 4 heteroatoms. The van der Waals surface area contributed by atoms with Crippen LogP contribution in [0, 0.1) is 11.8 Å². The van der Waals surface area contributed by atoms with Gasteiger partial charge in [-0.1, -0.05) is 30.3 Å². The Kier molecular flexibility index (Phi) is 4.35. The molecule has 120 valence electrons. The summed E-state index contributed by atoms with van der Waals surface area (Å²) in [6, 6.07) is 10.5. The number of hydrogen-bond acceptors (Lipinski definition) is 4. The van der Waals surface area contributed by atoms with Gasteiger partial charge in [-0.2, -0.15) is 0 Å². The molecule has 1 aromatic carbocycles. The zero-order valence-corrected chi connectivity index (χ0v) is 13.3. The molecule has 3 atom stereocenters. The van der Waals surface area contributed by atoms with Crippen LogP contribution in [0.2, 0.25) is 0 Å². The standard InChI is InChI=1S/C19H23N3O/c1-2-4-15(5-3-1)13-23-19-6-17-11-22(12-18(17)7-19)10-16-8-20-14-21-9-16/h1-5,8-9,14,17-19H,6-7,10-13H2/t17-,18+,19?. The Bertz CT molecular complexity index is 605. The topological polar surface area (TPSA) is 38.2 Å². The van der Waals surface area contributed by atoms with Gasteiger partial charge in [0.15, 0.2) is 0 Å². The van der Waals surface area contributed by atoms with Gasteiger partial charge in [0.25, 0.3) is 0 Å². The molecule has 2 aliphatic rings. The van der Waals surface area contributed by atoms with Crippen molar-refractivity contribution < 1.29 is 4.74 Å². The number of ether oxygens (including phenoxy) is 1. The second-order valence-electron chi connectivity index (χ2n) is 6.85. The number of rotatable bonds is 5. The highest BCUT2D eigenvalue weighted by Crippen LogP contribution is 2.40. The lowest BCUT2D eigenvalue weighted by atomic mass is 10.0. The fourth-order valence-electron chi connectivity index (χ4n) is 4.06. The van der Waals surface area contributed by atoms with E-state index in [0.29, 0.717) is 6.10 Å². The van der Waals surface area contributed by atoms with Crippen LogP contribution in [0.4, 0.5) is 0 Å². The number of nitrogens with zero attached hydrogens (tertiary/aromatic N) is 3. The Balaban J connectivity index is 1.25. The van der Waals surface area contributed by atoms with E-state index in [1.165, 1.54) is 37.1 Å². The minimum Gasteiger partial charge on any atom is -0.374 e. The molecular formula is C19H23N3O. The lowest BCUT2D eigenvalue weighted by Gasteiger charge is -2.19. The van der Waals surface area contributed by atoms with Crippen LogP contribution in [0.3, 0.4) is 0 Å². The van der Waals surface area contributed by atoms with Crippen molar-refractivity contribution in [2.45, 2.75) is 32.1 Å². The van der Waals surface area contributed by atoms with Crippen molar-refractivity contribution in [2.24, 2.45) is 11.8 Å². The summed E-state index contributed by atoms with van der Waals surface area (Å²) in [6.45, 7) is 4.09. The molecule has 0 bridgehead atoms. The van der Waals surface area contributed by atoms with Crippen molar-refractivity contribution >= 4 is 0 Å². The van der Waals surface area contributed by atoms with Crippen LogP contribution in [-0.4, -0.2) is 34.1 Å². The number of likely N-dealkylation sites (tertiary alicyclic amines) is 1. The highest BCUT2D eigenvalue weighted by molar-refractivity contribution is 5.13. The van der Waals surface area contributed by atoms with Crippen molar-refractivity contribution in [1.29, 1.82) is 0 Å². The predicted molar refractivity (Wildman–Crippen MR) is 88.5 cm³/mol. The van der Waals surface area contributed by atoms with Crippen LogP contribution in [0.5, 0.6) is 0 Å². The molecule has 4 nitrogen and oxygen atoms in total. The fraction of sp³-hybridized carbons (Fsp3) is 0.474. The summed E-state index contributed by atoms with van der Waals surface area (Å²) in [4.78, 5) is 10.8. The van der Waals surface area contributed by atoms with Crippen molar-refractivity contribution in [1.82, 2.24) is 14.9 Å². The van der Waals surface area contributed by atoms with Crippen LogP contribution >= 0.6 is 0 Å². The first kappa shape index (κ1) is 14.8.